The highest BCUT2D eigenvalue weighted by molar-refractivity contribution is 5.79. The molecule has 1 amide bonds. The van der Waals surface area contributed by atoms with Crippen molar-refractivity contribution in [3.05, 3.63) is 60.1 Å². The van der Waals surface area contributed by atoms with Crippen molar-refractivity contribution in [2.75, 3.05) is 6.54 Å². The van der Waals surface area contributed by atoms with Gasteiger partial charge >= 0.3 is 0 Å². The zero-order valence-electron chi connectivity index (χ0n) is 13.6. The Balaban J connectivity index is 1.60. The van der Waals surface area contributed by atoms with Gasteiger partial charge in [-0.3, -0.25) is 14.8 Å². The maximum Gasteiger partial charge on any atom is 0.229 e. The number of carbonyl (C=O) groups excluding carboxylic acids is 1. The summed E-state index contributed by atoms with van der Waals surface area (Å²) in [5.74, 6) is 0.122. The van der Waals surface area contributed by atoms with Crippen LogP contribution in [0.5, 0.6) is 0 Å². The van der Waals surface area contributed by atoms with Crippen LogP contribution in [0.3, 0.4) is 0 Å². The van der Waals surface area contributed by atoms with Crippen molar-refractivity contribution >= 4 is 11.6 Å². The molecule has 0 saturated carbocycles. The van der Waals surface area contributed by atoms with E-state index in [1.165, 1.54) is 0 Å². The zero-order valence-corrected chi connectivity index (χ0v) is 13.6. The van der Waals surface area contributed by atoms with E-state index in [0.29, 0.717) is 6.42 Å². The monoisotopic (exact) mass is 321 g/mol. The van der Waals surface area contributed by atoms with Gasteiger partial charge in [-0.15, -0.1) is 0 Å². The van der Waals surface area contributed by atoms with E-state index in [-0.39, 0.29) is 11.9 Å². The summed E-state index contributed by atoms with van der Waals surface area (Å²) in [5, 5.41) is 0. The van der Waals surface area contributed by atoms with Gasteiger partial charge in [-0.25, -0.2) is 4.98 Å². The first-order chi connectivity index (χ1) is 11.7. The quantitative estimate of drug-likeness (QED) is 0.743. The Morgan fingerprint density at radius 3 is 3.08 bits per heavy atom. The SMILES string of the molecule is Cc1nc2ccccn2c1CC(=O)N1CCC[C@H]1c1cnccn1. The van der Waals surface area contributed by atoms with Crippen molar-refractivity contribution in [2.24, 2.45) is 0 Å². The minimum atomic E-state index is 0.0330. The predicted molar refractivity (Wildman–Crippen MR) is 89.4 cm³/mol. The number of aryl methyl sites for hydroxylation is 1. The summed E-state index contributed by atoms with van der Waals surface area (Å²) < 4.78 is 2.00. The maximum absolute atomic E-state index is 12.9. The molecule has 122 valence electrons. The molecule has 4 heterocycles. The van der Waals surface area contributed by atoms with Gasteiger partial charge in [-0.1, -0.05) is 6.07 Å². The molecule has 1 aliphatic rings. The normalized spacial score (nSPS) is 17.5. The first kappa shape index (κ1) is 14.8. The van der Waals surface area contributed by atoms with Gasteiger partial charge in [0.2, 0.25) is 5.91 Å². The topological polar surface area (TPSA) is 63.4 Å². The van der Waals surface area contributed by atoms with Crippen LogP contribution in [0.25, 0.3) is 5.65 Å². The first-order valence-electron chi connectivity index (χ1n) is 8.22. The van der Waals surface area contributed by atoms with Crippen LogP contribution < -0.4 is 0 Å². The number of hydrogen-bond donors (Lipinski definition) is 0. The fourth-order valence-corrected chi connectivity index (χ4v) is 3.48. The number of carbonyl (C=O) groups is 1. The number of hydrogen-bond acceptors (Lipinski definition) is 4. The second-order valence-corrected chi connectivity index (χ2v) is 6.12. The van der Waals surface area contributed by atoms with Crippen LogP contribution in [0, 0.1) is 6.92 Å². The lowest BCUT2D eigenvalue weighted by Gasteiger charge is -2.24. The molecule has 0 aromatic carbocycles. The standard InChI is InChI=1S/C18H19N5O/c1-13-16(22-9-3-2-6-17(22)21-13)11-18(24)23-10-4-5-15(23)14-12-19-7-8-20-14/h2-3,6-9,12,15H,4-5,10-11H2,1H3/t15-/m0/s1. The third-order valence-electron chi connectivity index (χ3n) is 4.65. The molecule has 24 heavy (non-hydrogen) atoms. The molecule has 3 aromatic rings. The van der Waals surface area contributed by atoms with Crippen LogP contribution in [0.2, 0.25) is 0 Å². The van der Waals surface area contributed by atoms with Gasteiger partial charge in [0.15, 0.2) is 0 Å². The van der Waals surface area contributed by atoms with Crippen LogP contribution in [0.1, 0.15) is 36.0 Å². The Morgan fingerprint density at radius 1 is 1.33 bits per heavy atom. The first-order valence-corrected chi connectivity index (χ1v) is 8.22. The minimum absolute atomic E-state index is 0.0330. The largest absolute Gasteiger partial charge is 0.334 e. The summed E-state index contributed by atoms with van der Waals surface area (Å²) >= 11 is 0. The second-order valence-electron chi connectivity index (χ2n) is 6.12. The van der Waals surface area contributed by atoms with E-state index in [0.717, 1.165) is 42.1 Å². The summed E-state index contributed by atoms with van der Waals surface area (Å²) in [4.78, 5) is 27.9. The molecule has 1 saturated heterocycles. The molecule has 3 aromatic heterocycles. The highest BCUT2D eigenvalue weighted by Crippen LogP contribution is 2.31. The van der Waals surface area contributed by atoms with Gasteiger partial charge in [0.05, 0.1) is 35.7 Å². The second kappa shape index (κ2) is 6.03. The van der Waals surface area contributed by atoms with Crippen LogP contribution in [0.4, 0.5) is 0 Å². The summed E-state index contributed by atoms with van der Waals surface area (Å²) in [7, 11) is 0. The molecule has 0 aliphatic carbocycles. The summed E-state index contributed by atoms with van der Waals surface area (Å²) in [6.45, 7) is 2.73. The number of aromatic nitrogens is 4. The number of pyridine rings is 1. The molecule has 1 atom stereocenters. The van der Waals surface area contributed by atoms with Crippen molar-refractivity contribution in [2.45, 2.75) is 32.2 Å². The van der Waals surface area contributed by atoms with Crippen LogP contribution in [-0.2, 0) is 11.2 Å². The molecule has 0 unspecified atom stereocenters. The summed E-state index contributed by atoms with van der Waals surface area (Å²) in [6.07, 6.45) is 9.36. The van der Waals surface area contributed by atoms with E-state index in [1.54, 1.807) is 18.6 Å². The summed E-state index contributed by atoms with van der Waals surface area (Å²) in [6, 6.07) is 5.91. The number of nitrogens with zero attached hydrogens (tertiary/aromatic N) is 5. The van der Waals surface area contributed by atoms with E-state index < -0.39 is 0 Å². The average Bonchev–Trinajstić information content (AvgIpc) is 3.21. The predicted octanol–water partition coefficient (Wildman–Crippen LogP) is 2.34. The maximum atomic E-state index is 12.9. The Hall–Kier alpha value is -2.76. The summed E-state index contributed by atoms with van der Waals surface area (Å²) in [5.41, 5.74) is 3.62. The third kappa shape index (κ3) is 2.54. The number of likely N-dealkylation sites (tertiary alicyclic amines) is 1. The molecule has 0 N–H and O–H groups in total. The molecule has 0 radical (unpaired) electrons. The zero-order chi connectivity index (χ0) is 16.5. The number of amides is 1. The van der Waals surface area contributed by atoms with Crippen molar-refractivity contribution in [1.29, 1.82) is 0 Å². The van der Waals surface area contributed by atoms with Gasteiger partial charge in [0, 0.05) is 25.1 Å². The van der Waals surface area contributed by atoms with Gasteiger partial charge in [0.1, 0.15) is 5.65 Å². The molecule has 1 fully saturated rings. The molecular formula is C18H19N5O. The highest BCUT2D eigenvalue weighted by Gasteiger charge is 2.31. The Bertz CT molecular complexity index is 874. The Labute approximate surface area is 140 Å². The van der Waals surface area contributed by atoms with E-state index >= 15 is 0 Å². The fourth-order valence-electron chi connectivity index (χ4n) is 3.48. The molecule has 6 heteroatoms. The van der Waals surface area contributed by atoms with Gasteiger partial charge in [-0.2, -0.15) is 0 Å². The minimum Gasteiger partial charge on any atom is -0.334 e. The lowest BCUT2D eigenvalue weighted by Crippen LogP contribution is -2.32. The van der Waals surface area contributed by atoms with Crippen LogP contribution in [0.15, 0.2) is 43.0 Å². The Morgan fingerprint density at radius 2 is 2.25 bits per heavy atom. The van der Waals surface area contributed by atoms with Crippen LogP contribution >= 0.6 is 0 Å². The third-order valence-corrected chi connectivity index (χ3v) is 4.65. The van der Waals surface area contributed by atoms with E-state index in [4.69, 9.17) is 0 Å². The van der Waals surface area contributed by atoms with E-state index in [2.05, 4.69) is 15.0 Å². The number of rotatable bonds is 3. The van der Waals surface area contributed by atoms with E-state index in [9.17, 15) is 4.79 Å². The molecule has 0 spiro atoms. The van der Waals surface area contributed by atoms with Crippen LogP contribution in [-0.4, -0.2) is 36.7 Å². The molecule has 6 nitrogen and oxygen atoms in total. The fraction of sp³-hybridized carbons (Fsp3) is 0.333. The molecule has 0 bridgehead atoms. The van der Waals surface area contributed by atoms with Crippen molar-refractivity contribution in [3.63, 3.8) is 0 Å². The van der Waals surface area contributed by atoms with Gasteiger partial charge in [-0.05, 0) is 31.9 Å². The average molecular weight is 321 g/mol. The van der Waals surface area contributed by atoms with Crippen molar-refractivity contribution < 1.29 is 4.79 Å². The van der Waals surface area contributed by atoms with Crippen molar-refractivity contribution in [1.82, 2.24) is 24.3 Å². The van der Waals surface area contributed by atoms with Gasteiger partial charge in [0.25, 0.3) is 0 Å². The lowest BCUT2D eigenvalue weighted by atomic mass is 10.1. The van der Waals surface area contributed by atoms with E-state index in [1.807, 2.05) is 40.6 Å². The number of fused-ring (bicyclic) bond motifs is 1. The van der Waals surface area contributed by atoms with Gasteiger partial charge < -0.3 is 9.30 Å². The molecular weight excluding hydrogens is 302 g/mol. The Kier molecular flexibility index (Phi) is 3.72. The number of imidazole rings is 1. The molecule has 4 rings (SSSR count). The highest BCUT2D eigenvalue weighted by atomic mass is 16.2. The molecule has 1 aliphatic heterocycles. The smallest absolute Gasteiger partial charge is 0.229 e. The lowest BCUT2D eigenvalue weighted by molar-refractivity contribution is -0.131. The van der Waals surface area contributed by atoms with Crippen molar-refractivity contribution in [3.8, 4) is 0 Å².